The van der Waals surface area contributed by atoms with Crippen LogP contribution in [-0.2, 0) is 0 Å². The smallest absolute Gasteiger partial charge is 0.0629 e. The molecule has 12 heavy (non-hydrogen) atoms. The summed E-state index contributed by atoms with van der Waals surface area (Å²) in [6.07, 6.45) is 7.00. The lowest BCUT2D eigenvalue weighted by atomic mass is 9.71. The van der Waals surface area contributed by atoms with Gasteiger partial charge in [0.2, 0.25) is 0 Å². The molecule has 0 aliphatic heterocycles. The van der Waals surface area contributed by atoms with Gasteiger partial charge in [0.1, 0.15) is 0 Å². The fourth-order valence-corrected chi connectivity index (χ4v) is 2.25. The Bertz CT molecular complexity index is 173. The van der Waals surface area contributed by atoms with Gasteiger partial charge in [-0.25, -0.2) is 0 Å². The van der Waals surface area contributed by atoms with Crippen LogP contribution in [0.15, 0.2) is 5.16 Å². The Morgan fingerprint density at radius 1 is 1.50 bits per heavy atom. The molecule has 2 heteroatoms. The second-order valence-electron chi connectivity index (χ2n) is 4.06. The van der Waals surface area contributed by atoms with E-state index in [9.17, 15) is 0 Å². The maximum absolute atomic E-state index is 8.84. The van der Waals surface area contributed by atoms with Gasteiger partial charge < -0.3 is 5.21 Å². The molecule has 0 aromatic heterocycles. The van der Waals surface area contributed by atoms with Gasteiger partial charge >= 0.3 is 0 Å². The molecule has 0 heterocycles. The van der Waals surface area contributed by atoms with E-state index in [0.29, 0.717) is 0 Å². The third-order valence-corrected chi connectivity index (χ3v) is 3.01. The molecule has 70 valence electrons. The van der Waals surface area contributed by atoms with E-state index in [1.54, 1.807) is 0 Å². The highest BCUT2D eigenvalue weighted by molar-refractivity contribution is 5.89. The molecule has 1 fully saturated rings. The second kappa shape index (κ2) is 3.92. The highest BCUT2D eigenvalue weighted by atomic mass is 16.4. The molecule has 1 N–H and O–H groups in total. The predicted octanol–water partition coefficient (Wildman–Crippen LogP) is 3.20. The van der Waals surface area contributed by atoms with Crippen LogP contribution in [0.5, 0.6) is 0 Å². The summed E-state index contributed by atoms with van der Waals surface area (Å²) in [6, 6.07) is 0. The lowest BCUT2D eigenvalue weighted by Crippen LogP contribution is -2.31. The van der Waals surface area contributed by atoms with Crippen LogP contribution in [0.4, 0.5) is 0 Å². The average molecular weight is 169 g/mol. The molecule has 2 nitrogen and oxygen atoms in total. The third kappa shape index (κ3) is 1.79. The molecule has 1 aliphatic rings. The second-order valence-corrected chi connectivity index (χ2v) is 4.06. The number of hydrogen-bond donors (Lipinski definition) is 1. The van der Waals surface area contributed by atoms with E-state index in [2.05, 4.69) is 19.0 Å². The van der Waals surface area contributed by atoms with Gasteiger partial charge in [0.15, 0.2) is 0 Å². The van der Waals surface area contributed by atoms with Gasteiger partial charge in [-0.1, -0.05) is 31.8 Å². The van der Waals surface area contributed by atoms with Gasteiger partial charge in [0, 0.05) is 5.41 Å². The molecule has 0 amide bonds. The first-order valence-corrected chi connectivity index (χ1v) is 4.94. The lowest BCUT2D eigenvalue weighted by molar-refractivity contribution is 0.281. The van der Waals surface area contributed by atoms with Crippen LogP contribution in [0.1, 0.15) is 52.4 Å². The molecular weight excluding hydrogens is 150 g/mol. The van der Waals surface area contributed by atoms with E-state index in [-0.39, 0.29) is 5.41 Å². The first kappa shape index (κ1) is 9.56. The van der Waals surface area contributed by atoms with Crippen molar-refractivity contribution in [3.63, 3.8) is 0 Å². The van der Waals surface area contributed by atoms with E-state index < -0.39 is 0 Å². The van der Waals surface area contributed by atoms with E-state index >= 15 is 0 Å². The Kier molecular flexibility index (Phi) is 3.12. The standard InChI is InChI=1S/C10H19NO/c1-3-7-10(2)8-5-4-6-9(10)11-12/h12H,3-8H2,1-2H3. The first-order valence-electron chi connectivity index (χ1n) is 4.94. The largest absolute Gasteiger partial charge is 0.411 e. The lowest BCUT2D eigenvalue weighted by Gasteiger charge is -2.33. The van der Waals surface area contributed by atoms with Crippen molar-refractivity contribution in [3.05, 3.63) is 0 Å². The summed E-state index contributed by atoms with van der Waals surface area (Å²) in [5.74, 6) is 0. The zero-order valence-electron chi connectivity index (χ0n) is 8.14. The van der Waals surface area contributed by atoms with Gasteiger partial charge in [0.05, 0.1) is 5.71 Å². The Morgan fingerprint density at radius 3 is 2.83 bits per heavy atom. The summed E-state index contributed by atoms with van der Waals surface area (Å²) in [6.45, 7) is 4.42. The van der Waals surface area contributed by atoms with Crippen LogP contribution in [0.25, 0.3) is 0 Å². The molecule has 0 spiro atoms. The normalized spacial score (nSPS) is 34.0. The summed E-state index contributed by atoms with van der Waals surface area (Å²) < 4.78 is 0. The van der Waals surface area contributed by atoms with Crippen LogP contribution in [0, 0.1) is 5.41 Å². The molecule has 0 saturated heterocycles. The summed E-state index contributed by atoms with van der Waals surface area (Å²) >= 11 is 0. The van der Waals surface area contributed by atoms with Crippen molar-refractivity contribution < 1.29 is 5.21 Å². The number of rotatable bonds is 2. The number of nitrogens with zero attached hydrogens (tertiary/aromatic N) is 1. The molecule has 1 atom stereocenters. The molecule has 1 rings (SSSR count). The van der Waals surface area contributed by atoms with Gasteiger partial charge in [-0.3, -0.25) is 0 Å². The topological polar surface area (TPSA) is 32.6 Å². The van der Waals surface area contributed by atoms with Crippen molar-refractivity contribution in [2.45, 2.75) is 52.4 Å². The highest BCUT2D eigenvalue weighted by Crippen LogP contribution is 2.37. The monoisotopic (exact) mass is 169 g/mol. The minimum atomic E-state index is 0.196. The summed E-state index contributed by atoms with van der Waals surface area (Å²) in [5.41, 5.74) is 1.22. The van der Waals surface area contributed by atoms with Crippen molar-refractivity contribution in [3.8, 4) is 0 Å². The molecular formula is C10H19NO. The molecule has 0 bridgehead atoms. The summed E-state index contributed by atoms with van der Waals surface area (Å²) in [4.78, 5) is 0. The Hall–Kier alpha value is -0.530. The average Bonchev–Trinajstić information content (AvgIpc) is 2.05. The van der Waals surface area contributed by atoms with Crippen molar-refractivity contribution in [1.82, 2.24) is 0 Å². The fraction of sp³-hybridized carbons (Fsp3) is 0.900. The predicted molar refractivity (Wildman–Crippen MR) is 50.7 cm³/mol. The molecule has 1 aliphatic carbocycles. The minimum absolute atomic E-state index is 0.196. The van der Waals surface area contributed by atoms with E-state index in [1.165, 1.54) is 25.7 Å². The van der Waals surface area contributed by atoms with Gasteiger partial charge in [-0.15, -0.1) is 0 Å². The maximum atomic E-state index is 8.84. The van der Waals surface area contributed by atoms with Crippen LogP contribution in [0.2, 0.25) is 0 Å². The summed E-state index contributed by atoms with van der Waals surface area (Å²) in [7, 11) is 0. The van der Waals surface area contributed by atoms with Gasteiger partial charge in [-0.05, 0) is 25.7 Å². The fourth-order valence-electron chi connectivity index (χ4n) is 2.25. The van der Waals surface area contributed by atoms with Crippen molar-refractivity contribution in [2.24, 2.45) is 10.6 Å². The van der Waals surface area contributed by atoms with Crippen LogP contribution in [0.3, 0.4) is 0 Å². The van der Waals surface area contributed by atoms with E-state index in [0.717, 1.165) is 18.6 Å². The Labute approximate surface area is 74.7 Å². The molecule has 0 aromatic rings. The zero-order valence-corrected chi connectivity index (χ0v) is 8.14. The number of oxime groups is 1. The van der Waals surface area contributed by atoms with Crippen LogP contribution in [-0.4, -0.2) is 10.9 Å². The first-order chi connectivity index (χ1) is 5.73. The van der Waals surface area contributed by atoms with Crippen molar-refractivity contribution >= 4 is 5.71 Å². The zero-order chi connectivity index (χ0) is 9.03. The van der Waals surface area contributed by atoms with Crippen LogP contribution >= 0.6 is 0 Å². The molecule has 1 unspecified atom stereocenters. The summed E-state index contributed by atoms with van der Waals surface area (Å²) in [5, 5.41) is 12.3. The molecule has 0 radical (unpaired) electrons. The van der Waals surface area contributed by atoms with Gasteiger partial charge in [-0.2, -0.15) is 0 Å². The van der Waals surface area contributed by atoms with Crippen molar-refractivity contribution in [2.75, 3.05) is 0 Å². The third-order valence-electron chi connectivity index (χ3n) is 3.01. The van der Waals surface area contributed by atoms with E-state index in [4.69, 9.17) is 5.21 Å². The van der Waals surface area contributed by atoms with Gasteiger partial charge in [0.25, 0.3) is 0 Å². The Balaban J connectivity index is 2.69. The SMILES string of the molecule is CCCC1(C)CCCCC1=NO. The quantitative estimate of drug-likeness (QED) is 0.499. The Morgan fingerprint density at radius 2 is 2.25 bits per heavy atom. The molecule has 1 saturated carbocycles. The molecule has 0 aromatic carbocycles. The van der Waals surface area contributed by atoms with Crippen LogP contribution < -0.4 is 0 Å². The number of hydrogen-bond acceptors (Lipinski definition) is 2. The minimum Gasteiger partial charge on any atom is -0.411 e. The van der Waals surface area contributed by atoms with Crippen molar-refractivity contribution in [1.29, 1.82) is 0 Å². The highest BCUT2D eigenvalue weighted by Gasteiger charge is 2.32. The van der Waals surface area contributed by atoms with E-state index in [1.807, 2.05) is 0 Å². The maximum Gasteiger partial charge on any atom is 0.0629 e.